The number of sulfonamides is 1. The first kappa shape index (κ1) is 15.2. The van der Waals surface area contributed by atoms with Crippen molar-refractivity contribution < 1.29 is 8.42 Å². The van der Waals surface area contributed by atoms with Gasteiger partial charge in [0.1, 0.15) is 0 Å². The Bertz CT molecular complexity index is 732. The first-order valence-electron chi connectivity index (χ1n) is 6.03. The van der Waals surface area contributed by atoms with Crippen molar-refractivity contribution in [2.75, 3.05) is 0 Å². The lowest BCUT2D eigenvalue weighted by Gasteiger charge is -2.03. The highest BCUT2D eigenvalue weighted by Crippen LogP contribution is 2.15. The Kier molecular flexibility index (Phi) is 4.59. The van der Waals surface area contributed by atoms with Gasteiger partial charge in [0.15, 0.2) is 0 Å². The first-order valence-corrected chi connectivity index (χ1v) is 8.54. The number of nitrogens with zero attached hydrogens (tertiary/aromatic N) is 1. The van der Waals surface area contributed by atoms with Gasteiger partial charge in [-0.25, -0.2) is 0 Å². The van der Waals surface area contributed by atoms with Crippen LogP contribution in [-0.2, 0) is 10.0 Å². The molecule has 0 radical (unpaired) electrons. The summed E-state index contributed by atoms with van der Waals surface area (Å²) in [6.45, 7) is 3.62. The maximum absolute atomic E-state index is 12.2. The standard InChI is InChI=1S/C15H14INO2S/c1-11-3-9-15(10-4-11)20(18,19)17-12(2)13-5-7-14(16)8-6-13/h3-10H,1-2H3/b17-12+. The minimum Gasteiger partial charge on any atom is -0.199 e. The Morgan fingerprint density at radius 1 is 1.00 bits per heavy atom. The third-order valence-electron chi connectivity index (χ3n) is 2.84. The lowest BCUT2D eigenvalue weighted by Crippen LogP contribution is -2.03. The molecule has 3 nitrogen and oxygen atoms in total. The molecule has 0 unspecified atom stereocenters. The molecule has 0 heterocycles. The molecule has 0 aliphatic rings. The summed E-state index contributed by atoms with van der Waals surface area (Å²) in [6, 6.07) is 14.3. The molecule has 0 aliphatic carbocycles. The number of hydrogen-bond donors (Lipinski definition) is 0. The zero-order valence-electron chi connectivity index (χ0n) is 11.2. The molecule has 0 spiro atoms. The average molecular weight is 399 g/mol. The number of aryl methyl sites for hydroxylation is 1. The van der Waals surface area contributed by atoms with E-state index in [1.807, 2.05) is 31.2 Å². The van der Waals surface area contributed by atoms with E-state index in [1.54, 1.807) is 31.2 Å². The summed E-state index contributed by atoms with van der Waals surface area (Å²) in [5.41, 5.74) is 2.31. The SMILES string of the molecule is C/C(=N\S(=O)(=O)c1ccc(C)cc1)c1ccc(I)cc1. The Morgan fingerprint density at radius 3 is 2.10 bits per heavy atom. The van der Waals surface area contributed by atoms with Gasteiger partial charge < -0.3 is 0 Å². The van der Waals surface area contributed by atoms with E-state index < -0.39 is 10.0 Å². The molecular weight excluding hydrogens is 385 g/mol. The fourth-order valence-corrected chi connectivity index (χ4v) is 3.10. The van der Waals surface area contributed by atoms with E-state index in [1.165, 1.54) is 0 Å². The summed E-state index contributed by atoms with van der Waals surface area (Å²) in [7, 11) is -3.65. The number of halogens is 1. The van der Waals surface area contributed by atoms with E-state index in [2.05, 4.69) is 27.0 Å². The lowest BCUT2D eigenvalue weighted by atomic mass is 10.1. The second-order valence-electron chi connectivity index (χ2n) is 4.47. The van der Waals surface area contributed by atoms with E-state index >= 15 is 0 Å². The summed E-state index contributed by atoms with van der Waals surface area (Å²) >= 11 is 2.20. The van der Waals surface area contributed by atoms with Gasteiger partial charge in [-0.15, -0.1) is 0 Å². The molecule has 0 bridgehead atoms. The minimum atomic E-state index is -3.65. The van der Waals surface area contributed by atoms with Gasteiger partial charge >= 0.3 is 0 Å². The van der Waals surface area contributed by atoms with Crippen LogP contribution in [-0.4, -0.2) is 14.1 Å². The van der Waals surface area contributed by atoms with Crippen LogP contribution in [0.25, 0.3) is 0 Å². The van der Waals surface area contributed by atoms with Crippen molar-refractivity contribution >= 4 is 38.3 Å². The third kappa shape index (κ3) is 3.67. The molecule has 2 aromatic rings. The maximum atomic E-state index is 12.2. The van der Waals surface area contributed by atoms with Gasteiger partial charge in [-0.2, -0.15) is 12.8 Å². The van der Waals surface area contributed by atoms with Crippen LogP contribution in [0, 0.1) is 10.5 Å². The van der Waals surface area contributed by atoms with Crippen molar-refractivity contribution in [3.05, 3.63) is 63.2 Å². The monoisotopic (exact) mass is 399 g/mol. The predicted octanol–water partition coefficient (Wildman–Crippen LogP) is 3.80. The molecule has 104 valence electrons. The fourth-order valence-electron chi connectivity index (χ4n) is 1.69. The molecule has 0 atom stereocenters. The van der Waals surface area contributed by atoms with E-state index in [0.29, 0.717) is 5.71 Å². The molecule has 0 aliphatic heterocycles. The van der Waals surface area contributed by atoms with Crippen molar-refractivity contribution in [2.45, 2.75) is 18.7 Å². The number of hydrogen-bond acceptors (Lipinski definition) is 2. The summed E-state index contributed by atoms with van der Waals surface area (Å²) in [4.78, 5) is 0.216. The third-order valence-corrected chi connectivity index (χ3v) is 4.94. The fraction of sp³-hybridized carbons (Fsp3) is 0.133. The highest BCUT2D eigenvalue weighted by Gasteiger charge is 2.13. The summed E-state index contributed by atoms with van der Waals surface area (Å²) in [5.74, 6) is 0. The van der Waals surface area contributed by atoms with Crippen molar-refractivity contribution in [1.29, 1.82) is 0 Å². The molecule has 0 fully saturated rings. The molecule has 5 heteroatoms. The minimum absolute atomic E-state index is 0.216. The van der Waals surface area contributed by atoms with Gasteiger partial charge in [-0.05, 0) is 66.3 Å². The molecule has 0 N–H and O–H groups in total. The summed E-state index contributed by atoms with van der Waals surface area (Å²) in [6.07, 6.45) is 0. The lowest BCUT2D eigenvalue weighted by molar-refractivity contribution is 0.598. The molecule has 2 aromatic carbocycles. The zero-order valence-corrected chi connectivity index (χ0v) is 14.1. The summed E-state index contributed by atoms with van der Waals surface area (Å²) < 4.78 is 29.4. The van der Waals surface area contributed by atoms with Crippen LogP contribution < -0.4 is 0 Å². The van der Waals surface area contributed by atoms with Crippen LogP contribution in [0.4, 0.5) is 0 Å². The normalized spacial score (nSPS) is 12.4. The Labute approximate surface area is 133 Å². The van der Waals surface area contributed by atoms with E-state index in [-0.39, 0.29) is 4.90 Å². The van der Waals surface area contributed by atoms with Crippen molar-refractivity contribution in [2.24, 2.45) is 4.40 Å². The van der Waals surface area contributed by atoms with E-state index in [0.717, 1.165) is 14.7 Å². The first-order chi connectivity index (χ1) is 9.38. The largest absolute Gasteiger partial charge is 0.282 e. The Balaban J connectivity index is 2.37. The van der Waals surface area contributed by atoms with Crippen molar-refractivity contribution in [3.8, 4) is 0 Å². The van der Waals surface area contributed by atoms with Crippen LogP contribution in [0.2, 0.25) is 0 Å². The van der Waals surface area contributed by atoms with Gasteiger partial charge in [0.25, 0.3) is 10.0 Å². The molecule has 20 heavy (non-hydrogen) atoms. The molecule has 0 saturated carbocycles. The van der Waals surface area contributed by atoms with Gasteiger partial charge in [0, 0.05) is 3.57 Å². The topological polar surface area (TPSA) is 46.5 Å². The van der Waals surface area contributed by atoms with Crippen molar-refractivity contribution in [3.63, 3.8) is 0 Å². The van der Waals surface area contributed by atoms with E-state index in [4.69, 9.17) is 0 Å². The molecule has 0 saturated heterocycles. The number of rotatable bonds is 3. The highest BCUT2D eigenvalue weighted by molar-refractivity contribution is 14.1. The quantitative estimate of drug-likeness (QED) is 0.582. The average Bonchev–Trinajstić information content (AvgIpc) is 2.39. The molecule has 0 aromatic heterocycles. The smallest absolute Gasteiger partial charge is 0.199 e. The van der Waals surface area contributed by atoms with Gasteiger partial charge in [-0.3, -0.25) is 0 Å². The highest BCUT2D eigenvalue weighted by atomic mass is 127. The maximum Gasteiger partial charge on any atom is 0.282 e. The zero-order chi connectivity index (χ0) is 14.8. The Morgan fingerprint density at radius 2 is 1.55 bits per heavy atom. The predicted molar refractivity (Wildman–Crippen MR) is 89.7 cm³/mol. The second kappa shape index (κ2) is 6.05. The van der Waals surface area contributed by atoms with E-state index in [9.17, 15) is 8.42 Å². The van der Waals surface area contributed by atoms with Gasteiger partial charge in [0.2, 0.25) is 0 Å². The molecule has 0 amide bonds. The summed E-state index contributed by atoms with van der Waals surface area (Å²) in [5, 5.41) is 0. The van der Waals surface area contributed by atoms with Crippen LogP contribution in [0.1, 0.15) is 18.1 Å². The van der Waals surface area contributed by atoms with Crippen LogP contribution in [0.15, 0.2) is 57.8 Å². The molecular formula is C15H14INO2S. The van der Waals surface area contributed by atoms with Crippen LogP contribution >= 0.6 is 22.6 Å². The molecule has 2 rings (SSSR count). The Hall–Kier alpha value is -1.21. The van der Waals surface area contributed by atoms with Crippen molar-refractivity contribution in [1.82, 2.24) is 0 Å². The second-order valence-corrected chi connectivity index (χ2v) is 7.32. The number of benzene rings is 2. The van der Waals surface area contributed by atoms with Crippen LogP contribution in [0.3, 0.4) is 0 Å². The van der Waals surface area contributed by atoms with Crippen LogP contribution in [0.5, 0.6) is 0 Å². The van der Waals surface area contributed by atoms with Gasteiger partial charge in [0.05, 0.1) is 10.6 Å². The van der Waals surface area contributed by atoms with Gasteiger partial charge in [-0.1, -0.05) is 29.8 Å².